The summed E-state index contributed by atoms with van der Waals surface area (Å²) >= 11 is 0. The van der Waals surface area contributed by atoms with Crippen LogP contribution in [0.15, 0.2) is 218 Å². The summed E-state index contributed by atoms with van der Waals surface area (Å²) in [5.74, 6) is 0.612. The third kappa shape index (κ3) is 18.4. The van der Waals surface area contributed by atoms with Crippen LogP contribution in [0.3, 0.4) is 0 Å². The second kappa shape index (κ2) is 32.9. The topological polar surface area (TPSA) is 162 Å². The first-order chi connectivity index (χ1) is 46.0. The minimum Gasteiger partial charge on any atom is -0.385 e. The first-order valence-corrected chi connectivity index (χ1v) is 34.5. The van der Waals surface area contributed by atoms with Gasteiger partial charge in [0.25, 0.3) is 0 Å². The zero-order chi connectivity index (χ0) is 68.6. The number of rotatable bonds is 16. The second-order valence-electron chi connectivity index (χ2n) is 27.4. The van der Waals surface area contributed by atoms with Gasteiger partial charge in [-0.1, -0.05) is 241 Å². The molecule has 12 rings (SSSR count). The van der Waals surface area contributed by atoms with Gasteiger partial charge in [-0.25, -0.2) is 0 Å². The Bertz CT molecular complexity index is 3240. The van der Waals surface area contributed by atoms with Crippen LogP contribution in [0.25, 0.3) is 0 Å². The second-order valence-corrected chi connectivity index (χ2v) is 27.4. The lowest BCUT2D eigenvalue weighted by molar-refractivity contribution is -0.0320. The van der Waals surface area contributed by atoms with E-state index >= 15 is 0 Å². The number of aryl methyl sites for hydroxylation is 4. The molecule has 4 aliphatic rings. The molecule has 8 aromatic rings. The molecule has 96 heavy (non-hydrogen) atoms. The number of likely N-dealkylation sites (tertiary alicyclic amines) is 4. The van der Waals surface area contributed by atoms with Crippen LogP contribution < -0.4 is 0 Å². The van der Waals surface area contributed by atoms with Crippen molar-refractivity contribution in [2.24, 2.45) is 0 Å². The van der Waals surface area contributed by atoms with Crippen molar-refractivity contribution in [3.8, 4) is 0 Å². The van der Waals surface area contributed by atoms with E-state index in [9.17, 15) is 39.6 Å². The lowest BCUT2D eigenvalue weighted by Crippen LogP contribution is -2.48. The molecule has 0 aliphatic carbocycles. The molecule has 0 bridgehead atoms. The quantitative estimate of drug-likeness (QED) is 0.0679. The van der Waals surface area contributed by atoms with Gasteiger partial charge in [0.1, 0.15) is 0 Å². The van der Waals surface area contributed by atoms with Crippen LogP contribution in [-0.2, 0) is 22.4 Å². The zero-order valence-corrected chi connectivity index (χ0v) is 57.6. The fourth-order valence-electron chi connectivity index (χ4n) is 13.8. The maximum atomic E-state index is 12.7. The Morgan fingerprint density at radius 3 is 0.552 bits per heavy atom. The van der Waals surface area contributed by atoms with E-state index in [0.717, 1.165) is 119 Å². The van der Waals surface area contributed by atoms with Crippen molar-refractivity contribution in [2.75, 3.05) is 52.4 Å². The number of ketones is 4. The Kier molecular flexibility index (Phi) is 24.8. The number of nitrogens with zero attached hydrogens (tertiary/aromatic N) is 4. The van der Waals surface area contributed by atoms with Gasteiger partial charge in [0, 0.05) is 74.6 Å². The molecule has 0 radical (unpaired) electrons. The van der Waals surface area contributed by atoms with Gasteiger partial charge in [-0.3, -0.25) is 38.8 Å². The summed E-state index contributed by atoms with van der Waals surface area (Å²) in [5, 5.41) is 43.7. The molecule has 0 amide bonds. The molecule has 0 saturated carbocycles. The predicted molar refractivity (Wildman–Crippen MR) is 384 cm³/mol. The third-order valence-corrected chi connectivity index (χ3v) is 20.8. The number of carbonyl (C=O) groups is 4. The Labute approximate surface area is 570 Å². The van der Waals surface area contributed by atoms with Crippen LogP contribution in [-0.4, -0.2) is 140 Å². The first-order valence-electron chi connectivity index (χ1n) is 34.5. The van der Waals surface area contributed by atoms with E-state index in [-0.39, 0.29) is 47.3 Å². The van der Waals surface area contributed by atoms with Crippen molar-refractivity contribution in [2.45, 2.75) is 153 Å². The Hall–Kier alpha value is -7.88. The number of benzene rings is 8. The first kappa shape index (κ1) is 72.4. The summed E-state index contributed by atoms with van der Waals surface area (Å²) in [7, 11) is 0. The summed E-state index contributed by atoms with van der Waals surface area (Å²) < 4.78 is 0. The lowest BCUT2D eigenvalue weighted by Gasteiger charge is -2.40. The minimum absolute atomic E-state index is 0.153. The van der Waals surface area contributed by atoms with Crippen molar-refractivity contribution in [3.63, 3.8) is 0 Å². The van der Waals surface area contributed by atoms with Crippen LogP contribution in [0.1, 0.15) is 165 Å². The largest absolute Gasteiger partial charge is 0.385 e. The highest BCUT2D eigenvalue weighted by Crippen LogP contribution is 2.38. The molecule has 4 heterocycles. The van der Waals surface area contributed by atoms with E-state index in [1.165, 1.54) is 0 Å². The van der Waals surface area contributed by atoms with E-state index < -0.39 is 22.4 Å². The van der Waals surface area contributed by atoms with Crippen molar-refractivity contribution in [3.05, 3.63) is 285 Å². The van der Waals surface area contributed by atoms with Crippen LogP contribution in [0.2, 0.25) is 0 Å². The normalized spacial score (nSPS) is 19.0. The summed E-state index contributed by atoms with van der Waals surface area (Å²) in [5.41, 5.74) is 8.48. The summed E-state index contributed by atoms with van der Waals surface area (Å²) in [6, 6.07) is 69.8. The van der Waals surface area contributed by atoms with Gasteiger partial charge in [-0.15, -0.1) is 0 Å². The average Bonchev–Trinajstić information content (AvgIpc) is 0.837. The van der Waals surface area contributed by atoms with Crippen LogP contribution in [0.5, 0.6) is 0 Å². The van der Waals surface area contributed by atoms with Gasteiger partial charge in [0.05, 0.1) is 46.6 Å². The van der Waals surface area contributed by atoms with Gasteiger partial charge in [0.15, 0.2) is 23.1 Å². The molecule has 0 spiro atoms. The zero-order valence-electron chi connectivity index (χ0n) is 57.6. The van der Waals surface area contributed by atoms with Crippen LogP contribution in [0, 0.1) is 27.7 Å². The van der Waals surface area contributed by atoms with Crippen LogP contribution >= 0.6 is 0 Å². The van der Waals surface area contributed by atoms with Crippen molar-refractivity contribution in [1.82, 2.24) is 19.6 Å². The number of hydrogen-bond acceptors (Lipinski definition) is 12. The standard InChI is InChI=1S/4C21H25NO2/c4*1-16-8-10-18(11-9-16)20(23)17(2)22-14-12-21(24,13-15-22)19-6-4-3-5-7-19/h4*3-11,17,24H,12-15H2,1-2H3/t4*17-/m1100/s1. The summed E-state index contributed by atoms with van der Waals surface area (Å²) in [4.78, 5) is 59.5. The summed E-state index contributed by atoms with van der Waals surface area (Å²) in [6.45, 7) is 21.8. The molecular formula is C84H100N4O8. The van der Waals surface area contributed by atoms with Gasteiger partial charge in [-0.2, -0.15) is 0 Å². The Morgan fingerprint density at radius 2 is 0.406 bits per heavy atom. The van der Waals surface area contributed by atoms with E-state index in [4.69, 9.17) is 0 Å². The fraction of sp³-hybridized carbons (Fsp3) is 0.381. The SMILES string of the molecule is Cc1ccc(C(=O)[C@@H](C)N2CCC(O)(c3ccccc3)CC2)cc1.Cc1ccc(C(=O)[C@@H](C)N2CCC(O)(c3ccccc3)CC2)cc1.Cc1ccc(C(=O)[C@H](C)N2CCC(O)(c3ccccc3)CC2)cc1.Cc1ccc(C(=O)[C@H](C)N2CCC(O)(c3ccccc3)CC2)cc1. The molecule has 8 aromatic carbocycles. The molecule has 12 heteroatoms. The Balaban J connectivity index is 0.000000150. The number of aliphatic hydroxyl groups is 4. The van der Waals surface area contributed by atoms with E-state index in [2.05, 4.69) is 19.6 Å². The highest BCUT2D eigenvalue weighted by atomic mass is 16.3. The maximum Gasteiger partial charge on any atom is 0.179 e. The number of carbonyl (C=O) groups excluding carboxylic acids is 4. The van der Waals surface area contributed by atoms with E-state index in [0.29, 0.717) is 51.4 Å². The van der Waals surface area contributed by atoms with Gasteiger partial charge in [0.2, 0.25) is 0 Å². The monoisotopic (exact) mass is 1290 g/mol. The number of Topliss-reactive ketones (excluding diaryl/α,β-unsaturated/α-hetero) is 4. The molecule has 4 atom stereocenters. The molecule has 4 fully saturated rings. The van der Waals surface area contributed by atoms with Crippen molar-refractivity contribution in [1.29, 1.82) is 0 Å². The molecule has 4 saturated heterocycles. The summed E-state index contributed by atoms with van der Waals surface area (Å²) in [6.07, 6.45) is 5.24. The van der Waals surface area contributed by atoms with E-state index in [1.54, 1.807) is 0 Å². The van der Waals surface area contributed by atoms with Gasteiger partial charge in [-0.05, 0) is 129 Å². The third-order valence-electron chi connectivity index (χ3n) is 20.8. The molecule has 0 unspecified atom stereocenters. The number of piperidine rings is 4. The lowest BCUT2D eigenvalue weighted by atomic mass is 9.84. The van der Waals surface area contributed by atoms with Crippen LogP contribution in [0.4, 0.5) is 0 Å². The Morgan fingerprint density at radius 1 is 0.260 bits per heavy atom. The van der Waals surface area contributed by atoms with Gasteiger partial charge < -0.3 is 20.4 Å². The minimum atomic E-state index is -0.773. The van der Waals surface area contributed by atoms with E-state index in [1.807, 2.05) is 274 Å². The van der Waals surface area contributed by atoms with Crippen molar-refractivity contribution >= 4 is 23.1 Å². The van der Waals surface area contributed by atoms with Gasteiger partial charge >= 0.3 is 0 Å². The smallest absolute Gasteiger partial charge is 0.179 e. The highest BCUT2D eigenvalue weighted by Gasteiger charge is 2.41. The predicted octanol–water partition coefficient (Wildman–Crippen LogP) is 14.2. The highest BCUT2D eigenvalue weighted by molar-refractivity contribution is 6.01. The maximum absolute atomic E-state index is 12.7. The average molecular weight is 1290 g/mol. The number of hydrogen-bond donors (Lipinski definition) is 4. The molecular weight excluding hydrogens is 1190 g/mol. The molecule has 504 valence electrons. The van der Waals surface area contributed by atoms with Crippen molar-refractivity contribution < 1.29 is 39.6 Å². The molecule has 12 nitrogen and oxygen atoms in total. The fourth-order valence-corrected chi connectivity index (χ4v) is 13.8. The molecule has 4 N–H and O–H groups in total. The molecule has 4 aliphatic heterocycles. The molecule has 0 aromatic heterocycles.